The Bertz CT molecular complexity index is 883. The maximum absolute atomic E-state index is 12.1. The number of halogens is 1. The van der Waals surface area contributed by atoms with Crippen LogP contribution >= 0.6 is 11.6 Å². The van der Waals surface area contributed by atoms with E-state index in [0.717, 1.165) is 10.1 Å². The molecule has 0 radical (unpaired) electrons. The fraction of sp³-hybridized carbons (Fsp3) is 0.143. The van der Waals surface area contributed by atoms with Gasteiger partial charge in [0.2, 0.25) is 0 Å². The van der Waals surface area contributed by atoms with Gasteiger partial charge in [-0.15, -0.1) is 0 Å². The number of rotatable bonds is 2. The molecule has 1 aromatic rings. The van der Waals surface area contributed by atoms with Crippen LogP contribution in [0.15, 0.2) is 46.2 Å². The smallest absolute Gasteiger partial charge is 0.328 e. The summed E-state index contributed by atoms with van der Waals surface area (Å²) in [6.07, 6.45) is 3.41. The highest BCUT2D eigenvalue weighted by Gasteiger charge is 2.15. The molecule has 2 aliphatic heterocycles. The molecule has 0 N–H and O–H groups in total. The second-order valence-electron chi connectivity index (χ2n) is 4.62. The lowest BCUT2D eigenvalue weighted by molar-refractivity contribution is 0.722. The van der Waals surface area contributed by atoms with Crippen LogP contribution in [0.2, 0.25) is 5.15 Å². The molecule has 3 heterocycles. The Morgan fingerprint density at radius 3 is 2.76 bits per heavy atom. The normalized spacial score (nSPS) is 11.0. The van der Waals surface area contributed by atoms with Crippen LogP contribution in [0.5, 0.6) is 0 Å². The Kier molecular flexibility index (Phi) is 3.31. The van der Waals surface area contributed by atoms with Crippen LogP contribution < -0.4 is 11.2 Å². The van der Waals surface area contributed by atoms with Crippen molar-refractivity contribution < 1.29 is 0 Å². The van der Waals surface area contributed by atoms with Gasteiger partial charge >= 0.3 is 5.69 Å². The van der Waals surface area contributed by atoms with E-state index in [2.05, 4.69) is 9.97 Å². The topological polar surface area (TPSA) is 69.8 Å². The molecule has 0 amide bonds. The standard InChI is InChI=1S/C14H11ClN4O2/c1-18-13(20)10-3-2-6-19(12(10)17-14(18)21)8-9-4-5-11(15)16-7-9/h2-7H,8H2,1H3. The Labute approximate surface area is 124 Å². The quantitative estimate of drug-likeness (QED) is 0.666. The summed E-state index contributed by atoms with van der Waals surface area (Å²) in [7, 11) is 1.41. The van der Waals surface area contributed by atoms with Gasteiger partial charge in [0, 0.05) is 19.4 Å². The minimum absolute atomic E-state index is 0.353. The monoisotopic (exact) mass is 302 g/mol. The molecule has 0 bridgehead atoms. The van der Waals surface area contributed by atoms with Gasteiger partial charge in [-0.1, -0.05) is 17.7 Å². The largest absolute Gasteiger partial charge is 0.352 e. The number of aromatic nitrogens is 4. The molecule has 3 rings (SSSR count). The maximum atomic E-state index is 12.1. The molecule has 0 unspecified atom stereocenters. The Hall–Kier alpha value is -2.47. The first-order chi connectivity index (χ1) is 10.1. The zero-order chi connectivity index (χ0) is 15.0. The third-order valence-electron chi connectivity index (χ3n) is 3.21. The second-order valence-corrected chi connectivity index (χ2v) is 5.01. The molecule has 6 nitrogen and oxygen atoms in total. The molecule has 21 heavy (non-hydrogen) atoms. The van der Waals surface area contributed by atoms with E-state index in [1.807, 2.05) is 6.07 Å². The molecule has 0 atom stereocenters. The number of fused-ring (bicyclic) bond motifs is 1. The van der Waals surface area contributed by atoms with Gasteiger partial charge in [-0.05, 0) is 23.8 Å². The summed E-state index contributed by atoms with van der Waals surface area (Å²) in [5.41, 5.74) is 0.378. The molecule has 0 spiro atoms. The van der Waals surface area contributed by atoms with Crippen LogP contribution in [-0.2, 0) is 13.6 Å². The first-order valence-corrected chi connectivity index (χ1v) is 6.60. The second kappa shape index (κ2) is 5.14. The molecule has 2 aliphatic rings. The van der Waals surface area contributed by atoms with E-state index in [4.69, 9.17) is 11.6 Å². The average Bonchev–Trinajstić information content (AvgIpc) is 2.48. The number of pyridine rings is 2. The van der Waals surface area contributed by atoms with E-state index in [-0.39, 0.29) is 5.56 Å². The van der Waals surface area contributed by atoms with Crippen LogP contribution in [0.1, 0.15) is 5.56 Å². The van der Waals surface area contributed by atoms with Crippen molar-refractivity contribution in [1.29, 1.82) is 0 Å². The van der Waals surface area contributed by atoms with E-state index >= 15 is 0 Å². The van der Waals surface area contributed by atoms with Crippen molar-refractivity contribution in [2.24, 2.45) is 7.05 Å². The van der Waals surface area contributed by atoms with Crippen molar-refractivity contribution in [3.8, 4) is 11.4 Å². The van der Waals surface area contributed by atoms with Crippen LogP contribution in [0.25, 0.3) is 11.4 Å². The van der Waals surface area contributed by atoms with Gasteiger partial charge in [0.1, 0.15) is 5.15 Å². The van der Waals surface area contributed by atoms with Gasteiger partial charge in [-0.25, -0.2) is 9.78 Å². The van der Waals surface area contributed by atoms with Gasteiger partial charge < -0.3 is 4.57 Å². The summed E-state index contributed by atoms with van der Waals surface area (Å²) >= 11 is 5.75. The minimum Gasteiger partial charge on any atom is -0.328 e. The zero-order valence-electron chi connectivity index (χ0n) is 11.2. The van der Waals surface area contributed by atoms with Gasteiger partial charge in [0.05, 0.1) is 12.1 Å². The van der Waals surface area contributed by atoms with E-state index in [0.29, 0.717) is 23.1 Å². The van der Waals surface area contributed by atoms with Crippen molar-refractivity contribution in [2.45, 2.75) is 6.54 Å². The van der Waals surface area contributed by atoms with Crippen LogP contribution in [0, 0.1) is 0 Å². The first kappa shape index (κ1) is 13.5. The molecule has 1 aromatic heterocycles. The maximum Gasteiger partial charge on any atom is 0.352 e. The van der Waals surface area contributed by atoms with Gasteiger partial charge in [-0.3, -0.25) is 9.36 Å². The lowest BCUT2D eigenvalue weighted by Crippen LogP contribution is -2.35. The van der Waals surface area contributed by atoms with Gasteiger partial charge in [0.15, 0.2) is 5.82 Å². The van der Waals surface area contributed by atoms with Crippen LogP contribution in [-0.4, -0.2) is 19.1 Å². The molecule has 106 valence electrons. The minimum atomic E-state index is -0.568. The van der Waals surface area contributed by atoms with Crippen molar-refractivity contribution in [1.82, 2.24) is 19.1 Å². The predicted octanol–water partition coefficient (Wildman–Crippen LogP) is 1.14. The van der Waals surface area contributed by atoms with Gasteiger partial charge in [0.25, 0.3) is 5.56 Å². The molecule has 0 fully saturated rings. The number of hydrogen-bond acceptors (Lipinski definition) is 4. The third-order valence-corrected chi connectivity index (χ3v) is 3.43. The van der Waals surface area contributed by atoms with E-state index < -0.39 is 5.69 Å². The zero-order valence-corrected chi connectivity index (χ0v) is 11.9. The average molecular weight is 303 g/mol. The fourth-order valence-corrected chi connectivity index (χ4v) is 2.20. The third kappa shape index (κ3) is 2.45. The highest BCUT2D eigenvalue weighted by atomic mass is 35.5. The Morgan fingerprint density at radius 2 is 2.05 bits per heavy atom. The molecule has 0 aromatic carbocycles. The summed E-state index contributed by atoms with van der Waals surface area (Å²) in [6, 6.07) is 6.92. The highest BCUT2D eigenvalue weighted by Crippen LogP contribution is 2.15. The molecular weight excluding hydrogens is 292 g/mol. The molecule has 7 heteroatoms. The lowest BCUT2D eigenvalue weighted by atomic mass is 10.2. The lowest BCUT2D eigenvalue weighted by Gasteiger charge is -2.14. The van der Waals surface area contributed by atoms with E-state index in [9.17, 15) is 9.59 Å². The van der Waals surface area contributed by atoms with E-state index in [1.54, 1.807) is 35.2 Å². The number of nitrogens with zero attached hydrogens (tertiary/aromatic N) is 4. The SMILES string of the molecule is Cn1c(=O)nc2n(Cc3ccc(Cl)nc3)cccc-2c1=O. The predicted molar refractivity (Wildman–Crippen MR) is 78.7 cm³/mol. The van der Waals surface area contributed by atoms with Crippen molar-refractivity contribution >= 4 is 11.6 Å². The molecule has 0 saturated carbocycles. The Balaban J connectivity index is 2.13. The molecular formula is C14H11ClN4O2. The van der Waals surface area contributed by atoms with Crippen LogP contribution in [0.3, 0.4) is 0 Å². The van der Waals surface area contributed by atoms with Crippen molar-refractivity contribution in [2.75, 3.05) is 0 Å². The number of hydrogen-bond donors (Lipinski definition) is 0. The van der Waals surface area contributed by atoms with Crippen molar-refractivity contribution in [3.05, 3.63) is 68.2 Å². The molecule has 0 aliphatic carbocycles. The summed E-state index contributed by atoms with van der Waals surface area (Å²) in [6.45, 7) is 0.446. The molecule has 0 saturated heterocycles. The summed E-state index contributed by atoms with van der Waals surface area (Å²) in [5, 5.41) is 0.413. The fourth-order valence-electron chi connectivity index (χ4n) is 2.09. The van der Waals surface area contributed by atoms with Crippen LogP contribution in [0.4, 0.5) is 0 Å². The highest BCUT2D eigenvalue weighted by molar-refractivity contribution is 6.29. The van der Waals surface area contributed by atoms with E-state index in [1.165, 1.54) is 7.05 Å². The van der Waals surface area contributed by atoms with Gasteiger partial charge in [-0.2, -0.15) is 4.98 Å². The Morgan fingerprint density at radius 1 is 1.24 bits per heavy atom. The first-order valence-electron chi connectivity index (χ1n) is 6.23. The van der Waals surface area contributed by atoms with Crippen molar-refractivity contribution in [3.63, 3.8) is 0 Å². The summed E-state index contributed by atoms with van der Waals surface area (Å²) in [5.74, 6) is 0.362. The summed E-state index contributed by atoms with van der Waals surface area (Å²) in [4.78, 5) is 31.8. The summed E-state index contributed by atoms with van der Waals surface area (Å²) < 4.78 is 2.74.